The molecule has 0 aliphatic carbocycles. The molecule has 1 heterocycles. The van der Waals surface area contributed by atoms with Crippen molar-refractivity contribution >= 4 is 17.6 Å². The summed E-state index contributed by atoms with van der Waals surface area (Å²) in [5.74, 6) is 7.62. The SMILES string of the molecule is Cc1cccc(CSc2cc(NN)nc(C)n2)c1. The second-order valence-corrected chi connectivity index (χ2v) is 5.06. The Morgan fingerprint density at radius 3 is 2.78 bits per heavy atom. The van der Waals surface area contributed by atoms with Gasteiger partial charge in [-0.05, 0) is 19.4 Å². The fourth-order valence-electron chi connectivity index (χ4n) is 1.65. The molecule has 0 radical (unpaired) electrons. The third-order valence-electron chi connectivity index (χ3n) is 2.43. The molecule has 2 aromatic rings. The van der Waals surface area contributed by atoms with Gasteiger partial charge in [0.15, 0.2) is 0 Å². The second-order valence-electron chi connectivity index (χ2n) is 4.06. The van der Waals surface area contributed by atoms with Crippen LogP contribution in [0.5, 0.6) is 0 Å². The predicted octanol–water partition coefficient (Wildman–Crippen LogP) is 2.67. The largest absolute Gasteiger partial charge is 0.308 e. The lowest BCUT2D eigenvalue weighted by Crippen LogP contribution is -2.09. The number of anilines is 1. The van der Waals surface area contributed by atoms with Gasteiger partial charge < -0.3 is 5.43 Å². The molecule has 1 aromatic heterocycles. The molecular weight excluding hydrogens is 244 g/mol. The number of nitrogen functional groups attached to an aromatic ring is 1. The fraction of sp³-hybridized carbons (Fsp3) is 0.231. The van der Waals surface area contributed by atoms with Crippen molar-refractivity contribution in [1.82, 2.24) is 9.97 Å². The Bertz CT molecular complexity index is 542. The maximum atomic E-state index is 5.37. The summed E-state index contributed by atoms with van der Waals surface area (Å²) >= 11 is 1.68. The van der Waals surface area contributed by atoms with Gasteiger partial charge in [-0.2, -0.15) is 0 Å². The van der Waals surface area contributed by atoms with Crippen molar-refractivity contribution in [2.75, 3.05) is 5.43 Å². The quantitative estimate of drug-likeness (QED) is 0.383. The third-order valence-corrected chi connectivity index (χ3v) is 3.41. The van der Waals surface area contributed by atoms with Crippen LogP contribution in [0.1, 0.15) is 17.0 Å². The molecule has 3 N–H and O–H groups in total. The van der Waals surface area contributed by atoms with Crippen LogP contribution in [-0.4, -0.2) is 9.97 Å². The molecule has 5 heteroatoms. The molecule has 0 spiro atoms. The molecule has 0 fully saturated rings. The molecule has 1 aromatic carbocycles. The van der Waals surface area contributed by atoms with Crippen molar-refractivity contribution in [3.63, 3.8) is 0 Å². The van der Waals surface area contributed by atoms with Gasteiger partial charge in [-0.1, -0.05) is 29.8 Å². The Morgan fingerprint density at radius 2 is 2.06 bits per heavy atom. The first-order valence-electron chi connectivity index (χ1n) is 5.68. The number of rotatable bonds is 4. The molecule has 0 aliphatic heterocycles. The van der Waals surface area contributed by atoms with Gasteiger partial charge >= 0.3 is 0 Å². The van der Waals surface area contributed by atoms with Gasteiger partial charge in [0.1, 0.15) is 16.7 Å². The minimum Gasteiger partial charge on any atom is -0.308 e. The minimum absolute atomic E-state index is 0.647. The molecule has 0 saturated carbocycles. The molecule has 0 unspecified atom stereocenters. The lowest BCUT2D eigenvalue weighted by Gasteiger charge is -2.05. The van der Waals surface area contributed by atoms with Crippen molar-refractivity contribution in [3.8, 4) is 0 Å². The van der Waals surface area contributed by atoms with E-state index in [4.69, 9.17) is 5.84 Å². The number of hydrazine groups is 1. The van der Waals surface area contributed by atoms with Crippen LogP contribution in [-0.2, 0) is 5.75 Å². The van der Waals surface area contributed by atoms with Gasteiger partial charge in [-0.15, -0.1) is 11.8 Å². The van der Waals surface area contributed by atoms with Crippen LogP contribution in [0.2, 0.25) is 0 Å². The van der Waals surface area contributed by atoms with E-state index in [2.05, 4.69) is 46.6 Å². The number of nitrogens with two attached hydrogens (primary N) is 1. The summed E-state index contributed by atoms with van der Waals surface area (Å²) in [6.45, 7) is 3.96. The van der Waals surface area contributed by atoms with E-state index in [1.807, 2.05) is 13.0 Å². The molecule has 0 amide bonds. The van der Waals surface area contributed by atoms with Crippen LogP contribution in [0.4, 0.5) is 5.82 Å². The summed E-state index contributed by atoms with van der Waals surface area (Å²) in [5, 5.41) is 0.928. The Hall–Kier alpha value is -1.59. The molecule has 94 valence electrons. The van der Waals surface area contributed by atoms with Crippen LogP contribution in [0, 0.1) is 13.8 Å². The van der Waals surface area contributed by atoms with E-state index in [0.29, 0.717) is 5.82 Å². The number of thioether (sulfide) groups is 1. The van der Waals surface area contributed by atoms with E-state index < -0.39 is 0 Å². The van der Waals surface area contributed by atoms with Crippen molar-refractivity contribution in [2.24, 2.45) is 5.84 Å². The topological polar surface area (TPSA) is 63.8 Å². The van der Waals surface area contributed by atoms with Crippen LogP contribution >= 0.6 is 11.8 Å². The first kappa shape index (κ1) is 12.9. The zero-order valence-corrected chi connectivity index (χ0v) is 11.3. The monoisotopic (exact) mass is 260 g/mol. The summed E-state index contributed by atoms with van der Waals surface area (Å²) < 4.78 is 0. The minimum atomic E-state index is 0.647. The highest BCUT2D eigenvalue weighted by Crippen LogP contribution is 2.23. The molecule has 0 saturated heterocycles. The number of hydrogen-bond donors (Lipinski definition) is 2. The lowest BCUT2D eigenvalue weighted by molar-refractivity contribution is 0.963. The first-order chi connectivity index (χ1) is 8.67. The predicted molar refractivity (Wildman–Crippen MR) is 75.3 cm³/mol. The zero-order chi connectivity index (χ0) is 13.0. The highest BCUT2D eigenvalue weighted by molar-refractivity contribution is 7.98. The standard InChI is InChI=1S/C13H16N4S/c1-9-4-3-5-11(6-9)8-18-13-7-12(17-14)15-10(2)16-13/h3-7H,8,14H2,1-2H3,(H,15,16,17). The molecule has 2 rings (SSSR count). The molecular formula is C13H16N4S. The highest BCUT2D eigenvalue weighted by atomic mass is 32.2. The van der Waals surface area contributed by atoms with E-state index in [9.17, 15) is 0 Å². The number of aryl methyl sites for hydroxylation is 2. The smallest absolute Gasteiger partial charge is 0.144 e. The number of aromatic nitrogens is 2. The second kappa shape index (κ2) is 5.84. The maximum Gasteiger partial charge on any atom is 0.144 e. The Morgan fingerprint density at radius 1 is 1.22 bits per heavy atom. The summed E-state index contributed by atoms with van der Waals surface area (Å²) in [4.78, 5) is 8.54. The van der Waals surface area contributed by atoms with Crippen molar-refractivity contribution in [2.45, 2.75) is 24.6 Å². The summed E-state index contributed by atoms with van der Waals surface area (Å²) in [6, 6.07) is 10.3. The summed E-state index contributed by atoms with van der Waals surface area (Å²) in [6.07, 6.45) is 0. The highest BCUT2D eigenvalue weighted by Gasteiger charge is 2.02. The van der Waals surface area contributed by atoms with Crippen molar-refractivity contribution < 1.29 is 0 Å². The number of benzene rings is 1. The molecule has 4 nitrogen and oxygen atoms in total. The van der Waals surface area contributed by atoms with Crippen LogP contribution in [0.25, 0.3) is 0 Å². The average molecular weight is 260 g/mol. The number of nitrogens with zero attached hydrogens (tertiary/aromatic N) is 2. The molecule has 0 aliphatic rings. The van der Waals surface area contributed by atoms with Gasteiger partial charge in [-0.25, -0.2) is 15.8 Å². The van der Waals surface area contributed by atoms with Crippen LogP contribution in [0.15, 0.2) is 35.4 Å². The molecule has 0 atom stereocenters. The van der Waals surface area contributed by atoms with Gasteiger partial charge in [0, 0.05) is 11.8 Å². The van der Waals surface area contributed by atoms with E-state index in [1.165, 1.54) is 11.1 Å². The molecule has 0 bridgehead atoms. The van der Waals surface area contributed by atoms with Crippen molar-refractivity contribution in [1.29, 1.82) is 0 Å². The fourth-order valence-corrected chi connectivity index (χ4v) is 2.53. The van der Waals surface area contributed by atoms with Crippen LogP contribution < -0.4 is 11.3 Å². The van der Waals surface area contributed by atoms with Crippen molar-refractivity contribution in [3.05, 3.63) is 47.3 Å². The molecule has 18 heavy (non-hydrogen) atoms. The average Bonchev–Trinajstić information content (AvgIpc) is 2.36. The van der Waals surface area contributed by atoms with Crippen LogP contribution in [0.3, 0.4) is 0 Å². The van der Waals surface area contributed by atoms with E-state index in [0.717, 1.165) is 16.6 Å². The number of nitrogens with one attached hydrogen (secondary N) is 1. The van der Waals surface area contributed by atoms with Gasteiger partial charge in [0.05, 0.1) is 0 Å². The normalized spacial score (nSPS) is 10.4. The van der Waals surface area contributed by atoms with E-state index >= 15 is 0 Å². The maximum absolute atomic E-state index is 5.37. The Balaban J connectivity index is 2.08. The zero-order valence-electron chi connectivity index (χ0n) is 10.5. The Labute approximate surface area is 111 Å². The number of hydrogen-bond acceptors (Lipinski definition) is 5. The van der Waals surface area contributed by atoms with E-state index in [1.54, 1.807) is 11.8 Å². The van der Waals surface area contributed by atoms with E-state index in [-0.39, 0.29) is 0 Å². The summed E-state index contributed by atoms with van der Waals surface area (Å²) in [7, 11) is 0. The third kappa shape index (κ3) is 3.45. The van der Waals surface area contributed by atoms with Gasteiger partial charge in [-0.3, -0.25) is 0 Å². The first-order valence-corrected chi connectivity index (χ1v) is 6.66. The lowest BCUT2D eigenvalue weighted by atomic mass is 10.2. The Kier molecular flexibility index (Phi) is 4.17. The van der Waals surface area contributed by atoms with Gasteiger partial charge in [0.25, 0.3) is 0 Å². The van der Waals surface area contributed by atoms with Gasteiger partial charge in [0.2, 0.25) is 0 Å². The summed E-state index contributed by atoms with van der Waals surface area (Å²) in [5.41, 5.74) is 5.12.